The standard InChI is InChI=1S/C6H10S4/c1-3-5(7)9-10-6(8)4-2/h3-8H,1-2H2. The molecule has 2 atom stereocenters. The fourth-order valence-electron chi connectivity index (χ4n) is 0.192. The van der Waals surface area contributed by atoms with Crippen LogP contribution in [-0.4, -0.2) is 9.16 Å². The monoisotopic (exact) mass is 210 g/mol. The summed E-state index contributed by atoms with van der Waals surface area (Å²) in [4.78, 5) is 0. The summed E-state index contributed by atoms with van der Waals surface area (Å²) in [5.41, 5.74) is 0. The summed E-state index contributed by atoms with van der Waals surface area (Å²) in [5.74, 6) is 0. The van der Waals surface area contributed by atoms with Crippen molar-refractivity contribution in [3.63, 3.8) is 0 Å². The van der Waals surface area contributed by atoms with Crippen LogP contribution in [0.4, 0.5) is 0 Å². The molecule has 4 heteroatoms. The molecule has 0 N–H and O–H groups in total. The molecule has 0 aromatic heterocycles. The topological polar surface area (TPSA) is 0 Å². The van der Waals surface area contributed by atoms with Gasteiger partial charge in [-0.2, -0.15) is 25.3 Å². The van der Waals surface area contributed by atoms with E-state index in [1.807, 2.05) is 0 Å². The van der Waals surface area contributed by atoms with Gasteiger partial charge in [-0.25, -0.2) is 0 Å². The van der Waals surface area contributed by atoms with E-state index in [1.165, 1.54) is 0 Å². The van der Waals surface area contributed by atoms with E-state index < -0.39 is 0 Å². The minimum absolute atomic E-state index is 0.180. The highest BCUT2D eigenvalue weighted by Crippen LogP contribution is 2.35. The molecule has 0 aliphatic heterocycles. The van der Waals surface area contributed by atoms with Crippen molar-refractivity contribution in [2.45, 2.75) is 9.16 Å². The van der Waals surface area contributed by atoms with Crippen LogP contribution >= 0.6 is 46.8 Å². The lowest BCUT2D eigenvalue weighted by Gasteiger charge is -2.05. The maximum atomic E-state index is 4.20. The number of hydrogen-bond acceptors (Lipinski definition) is 4. The fourth-order valence-corrected chi connectivity index (χ4v) is 2.63. The normalized spacial score (nSPS) is 15.8. The molecule has 2 unspecified atom stereocenters. The van der Waals surface area contributed by atoms with Crippen LogP contribution in [0.15, 0.2) is 25.3 Å². The van der Waals surface area contributed by atoms with Crippen LogP contribution in [0.5, 0.6) is 0 Å². The summed E-state index contributed by atoms with van der Waals surface area (Å²) in [6, 6.07) is 0. The zero-order valence-electron chi connectivity index (χ0n) is 5.43. The summed E-state index contributed by atoms with van der Waals surface area (Å²) >= 11 is 8.40. The molecule has 0 saturated carbocycles. The number of thiol groups is 2. The second kappa shape index (κ2) is 6.58. The predicted octanol–water partition coefficient (Wildman–Crippen LogP) is 3.25. The zero-order valence-corrected chi connectivity index (χ0v) is 8.86. The van der Waals surface area contributed by atoms with E-state index in [9.17, 15) is 0 Å². The Kier molecular flexibility index (Phi) is 7.16. The van der Waals surface area contributed by atoms with Gasteiger partial charge in [0.05, 0.1) is 9.16 Å². The SMILES string of the molecule is C=CC(S)SSC(S)C=C. The molecule has 0 saturated heterocycles. The summed E-state index contributed by atoms with van der Waals surface area (Å²) in [5, 5.41) is 0. The quantitative estimate of drug-likeness (QED) is 0.309. The molecule has 10 heavy (non-hydrogen) atoms. The van der Waals surface area contributed by atoms with Gasteiger partial charge in [0.1, 0.15) is 0 Å². The van der Waals surface area contributed by atoms with Crippen LogP contribution in [0.2, 0.25) is 0 Å². The molecule has 0 bridgehead atoms. The minimum Gasteiger partial charge on any atom is -0.160 e. The Morgan fingerprint density at radius 1 is 1.00 bits per heavy atom. The van der Waals surface area contributed by atoms with E-state index in [4.69, 9.17) is 0 Å². The van der Waals surface area contributed by atoms with E-state index in [0.717, 1.165) is 0 Å². The van der Waals surface area contributed by atoms with Gasteiger partial charge in [0.25, 0.3) is 0 Å². The highest BCUT2D eigenvalue weighted by molar-refractivity contribution is 8.79. The Morgan fingerprint density at radius 3 is 1.50 bits per heavy atom. The van der Waals surface area contributed by atoms with Gasteiger partial charge in [-0.1, -0.05) is 33.7 Å². The predicted molar refractivity (Wildman–Crippen MR) is 61.1 cm³/mol. The lowest BCUT2D eigenvalue weighted by molar-refractivity contribution is 1.70. The Morgan fingerprint density at radius 2 is 1.30 bits per heavy atom. The summed E-state index contributed by atoms with van der Waals surface area (Å²) < 4.78 is 0.360. The third kappa shape index (κ3) is 5.65. The first-order chi connectivity index (χ1) is 4.70. The summed E-state index contributed by atoms with van der Waals surface area (Å²) in [6.07, 6.45) is 3.56. The number of hydrogen-bond donors (Lipinski definition) is 2. The molecule has 0 spiro atoms. The van der Waals surface area contributed by atoms with Gasteiger partial charge in [-0.15, -0.1) is 13.2 Å². The smallest absolute Gasteiger partial charge is 0.0754 e. The average molecular weight is 210 g/mol. The Bertz CT molecular complexity index is 98.3. The first-order valence-electron chi connectivity index (χ1n) is 2.64. The average Bonchev–Trinajstić information content (AvgIpc) is 1.99. The zero-order chi connectivity index (χ0) is 7.98. The number of rotatable bonds is 5. The summed E-state index contributed by atoms with van der Waals surface area (Å²) in [7, 11) is 3.25. The van der Waals surface area contributed by atoms with E-state index >= 15 is 0 Å². The van der Waals surface area contributed by atoms with E-state index in [0.29, 0.717) is 0 Å². The van der Waals surface area contributed by atoms with E-state index in [2.05, 4.69) is 38.4 Å². The van der Waals surface area contributed by atoms with Crippen LogP contribution < -0.4 is 0 Å². The van der Waals surface area contributed by atoms with E-state index in [1.54, 1.807) is 33.7 Å². The van der Waals surface area contributed by atoms with Crippen LogP contribution in [0, 0.1) is 0 Å². The molecule has 0 aliphatic rings. The van der Waals surface area contributed by atoms with Gasteiger partial charge in [0, 0.05) is 0 Å². The molecule has 0 fully saturated rings. The second-order valence-corrected chi connectivity index (χ2v) is 5.81. The third-order valence-corrected chi connectivity index (χ3v) is 5.03. The Labute approximate surface area is 81.1 Å². The van der Waals surface area contributed by atoms with Crippen molar-refractivity contribution < 1.29 is 0 Å². The molecule has 0 radical (unpaired) electrons. The molecular formula is C6H10S4. The van der Waals surface area contributed by atoms with Gasteiger partial charge in [-0.3, -0.25) is 0 Å². The first kappa shape index (κ1) is 10.9. The Balaban J connectivity index is 3.34. The molecule has 58 valence electrons. The van der Waals surface area contributed by atoms with Crippen molar-refractivity contribution in [3.8, 4) is 0 Å². The van der Waals surface area contributed by atoms with Crippen molar-refractivity contribution in [1.82, 2.24) is 0 Å². The van der Waals surface area contributed by atoms with Gasteiger partial charge in [0.15, 0.2) is 0 Å². The molecule has 0 nitrogen and oxygen atoms in total. The molecule has 0 rings (SSSR count). The molecule has 0 aromatic carbocycles. The minimum atomic E-state index is 0.180. The molecule has 0 heterocycles. The highest BCUT2D eigenvalue weighted by Gasteiger charge is 2.01. The van der Waals surface area contributed by atoms with Crippen molar-refractivity contribution >= 4 is 46.8 Å². The van der Waals surface area contributed by atoms with Crippen LogP contribution in [-0.2, 0) is 0 Å². The van der Waals surface area contributed by atoms with Crippen molar-refractivity contribution in [3.05, 3.63) is 25.3 Å². The van der Waals surface area contributed by atoms with Crippen LogP contribution in [0.25, 0.3) is 0 Å². The van der Waals surface area contributed by atoms with Crippen molar-refractivity contribution in [2.75, 3.05) is 0 Å². The Hall–Kier alpha value is 0.880. The van der Waals surface area contributed by atoms with Crippen LogP contribution in [0.1, 0.15) is 0 Å². The first-order valence-corrected chi connectivity index (χ1v) is 5.95. The van der Waals surface area contributed by atoms with Gasteiger partial charge < -0.3 is 0 Å². The lowest BCUT2D eigenvalue weighted by Crippen LogP contribution is -1.85. The highest BCUT2D eigenvalue weighted by atomic mass is 33.1. The maximum absolute atomic E-state index is 4.20. The maximum Gasteiger partial charge on any atom is 0.0754 e. The van der Waals surface area contributed by atoms with Crippen molar-refractivity contribution in [2.24, 2.45) is 0 Å². The van der Waals surface area contributed by atoms with Gasteiger partial charge in [-0.05, 0) is 0 Å². The molecule has 0 aromatic rings. The molecule has 0 aliphatic carbocycles. The lowest BCUT2D eigenvalue weighted by atomic mass is 10.8. The molecular weight excluding hydrogens is 200 g/mol. The largest absolute Gasteiger partial charge is 0.160 e. The third-order valence-electron chi connectivity index (χ3n) is 0.656. The van der Waals surface area contributed by atoms with Gasteiger partial charge >= 0.3 is 0 Å². The van der Waals surface area contributed by atoms with Crippen LogP contribution in [0.3, 0.4) is 0 Å². The second-order valence-electron chi connectivity index (χ2n) is 1.44. The van der Waals surface area contributed by atoms with Crippen molar-refractivity contribution in [1.29, 1.82) is 0 Å². The fraction of sp³-hybridized carbons (Fsp3) is 0.333. The van der Waals surface area contributed by atoms with Gasteiger partial charge in [0.2, 0.25) is 0 Å². The molecule has 0 amide bonds. The summed E-state index contributed by atoms with van der Waals surface area (Å²) in [6.45, 7) is 7.21. The van der Waals surface area contributed by atoms with E-state index in [-0.39, 0.29) is 9.16 Å².